The van der Waals surface area contributed by atoms with E-state index in [1.54, 1.807) is 0 Å². The Morgan fingerprint density at radius 3 is 2.62 bits per heavy atom. The molecule has 8 nitrogen and oxygen atoms in total. The summed E-state index contributed by atoms with van der Waals surface area (Å²) >= 11 is 0. The van der Waals surface area contributed by atoms with Crippen molar-refractivity contribution >= 4 is 15.5 Å². The third-order valence-electron chi connectivity index (χ3n) is 4.59. The van der Waals surface area contributed by atoms with Gasteiger partial charge in [0, 0.05) is 17.7 Å². The van der Waals surface area contributed by atoms with E-state index in [0.29, 0.717) is 25.9 Å². The lowest BCUT2D eigenvalue weighted by Gasteiger charge is -2.32. The maximum absolute atomic E-state index is 14.1. The summed E-state index contributed by atoms with van der Waals surface area (Å²) < 4.78 is 39.5. The third kappa shape index (κ3) is 4.55. The molecule has 26 heavy (non-hydrogen) atoms. The van der Waals surface area contributed by atoms with Gasteiger partial charge in [0.05, 0.1) is 33.5 Å². The number of piperidine rings is 1. The van der Waals surface area contributed by atoms with Gasteiger partial charge in [0.25, 0.3) is 5.69 Å². The molecule has 1 heterocycles. The molecule has 3 N–H and O–H groups in total. The number of rotatable bonds is 6. The molecule has 0 saturated carbocycles. The van der Waals surface area contributed by atoms with E-state index in [4.69, 9.17) is 5.73 Å². The first-order valence-corrected chi connectivity index (χ1v) is 9.88. The number of non-ortho nitro benzene ring substituents is 1. The van der Waals surface area contributed by atoms with E-state index in [2.05, 4.69) is 11.4 Å². The molecular weight excluding hydrogens is 363 g/mol. The van der Waals surface area contributed by atoms with Crippen molar-refractivity contribution in [3.8, 4) is 6.07 Å². The molecule has 1 saturated heterocycles. The van der Waals surface area contributed by atoms with Crippen LogP contribution in [0.2, 0.25) is 0 Å². The summed E-state index contributed by atoms with van der Waals surface area (Å²) in [4.78, 5) is 10.2. The van der Waals surface area contributed by atoms with Crippen LogP contribution < -0.4 is 11.1 Å². The lowest BCUT2D eigenvalue weighted by Crippen LogP contribution is -2.46. The Bertz CT molecular complexity index is 842. The fourth-order valence-electron chi connectivity index (χ4n) is 3.26. The zero-order valence-electron chi connectivity index (χ0n) is 14.4. The third-order valence-corrected chi connectivity index (χ3v) is 6.62. The van der Waals surface area contributed by atoms with Gasteiger partial charge in [0.2, 0.25) is 0 Å². The summed E-state index contributed by atoms with van der Waals surface area (Å²) in [6.07, 6.45) is 0.796. The summed E-state index contributed by atoms with van der Waals surface area (Å²) in [5, 5.41) is 23.4. The Morgan fingerprint density at radius 1 is 1.46 bits per heavy atom. The molecule has 1 aromatic carbocycles. The normalized spacial score (nSPS) is 19.3. The van der Waals surface area contributed by atoms with Crippen LogP contribution in [0.15, 0.2) is 18.2 Å². The molecule has 0 bridgehead atoms. The molecule has 0 amide bonds. The van der Waals surface area contributed by atoms with Gasteiger partial charge in [-0.15, -0.1) is 0 Å². The number of nitro benzene ring substituents is 1. The minimum atomic E-state index is -3.82. The van der Waals surface area contributed by atoms with Crippen molar-refractivity contribution in [3.05, 3.63) is 39.7 Å². The average Bonchev–Trinajstić information content (AvgIpc) is 2.54. The molecule has 0 aliphatic carbocycles. The van der Waals surface area contributed by atoms with Gasteiger partial charge >= 0.3 is 0 Å². The van der Waals surface area contributed by atoms with E-state index in [0.717, 1.165) is 18.2 Å². The Hall–Kier alpha value is -2.09. The highest BCUT2D eigenvalue weighted by molar-refractivity contribution is 7.91. The Balaban J connectivity index is 2.29. The van der Waals surface area contributed by atoms with Gasteiger partial charge in [-0.1, -0.05) is 0 Å². The van der Waals surface area contributed by atoms with E-state index in [9.17, 15) is 28.2 Å². The van der Waals surface area contributed by atoms with E-state index in [1.165, 1.54) is 6.92 Å². The quantitative estimate of drug-likeness (QED) is 0.555. The largest absolute Gasteiger partial charge is 0.321 e. The van der Waals surface area contributed by atoms with Crippen molar-refractivity contribution in [1.82, 2.24) is 5.32 Å². The number of nitrogens with one attached hydrogen (secondary N) is 1. The van der Waals surface area contributed by atoms with Gasteiger partial charge in [-0.05, 0) is 38.9 Å². The first kappa shape index (κ1) is 20.2. The number of nitriles is 1. The summed E-state index contributed by atoms with van der Waals surface area (Å²) in [5.41, 5.74) is 2.76. The van der Waals surface area contributed by atoms with Crippen LogP contribution in [0.1, 0.15) is 25.3 Å². The molecule has 1 aliphatic heterocycles. The van der Waals surface area contributed by atoms with Gasteiger partial charge in [-0.2, -0.15) is 5.26 Å². The number of hydrogen-bond donors (Lipinski definition) is 2. The van der Waals surface area contributed by atoms with E-state index in [-0.39, 0.29) is 17.0 Å². The number of hydrogen-bond acceptors (Lipinski definition) is 7. The molecule has 0 radical (unpaired) electrons. The SMILES string of the molecule is CC(N)(CS(=O)(=O)CC1(C#N)CCNCC1)c1cc([N+](=O)[O-])ccc1F. The van der Waals surface area contributed by atoms with Crippen LogP contribution in [0.3, 0.4) is 0 Å². The maximum atomic E-state index is 14.1. The van der Waals surface area contributed by atoms with Crippen molar-refractivity contribution < 1.29 is 17.7 Å². The number of nitrogens with zero attached hydrogens (tertiary/aromatic N) is 2. The first-order chi connectivity index (χ1) is 12.0. The molecule has 0 spiro atoms. The number of sulfone groups is 1. The summed E-state index contributed by atoms with van der Waals surface area (Å²) in [6.45, 7) is 2.40. The monoisotopic (exact) mass is 384 g/mol. The van der Waals surface area contributed by atoms with Gasteiger partial charge < -0.3 is 11.1 Å². The molecule has 10 heteroatoms. The average molecular weight is 384 g/mol. The molecule has 1 aliphatic rings. The molecule has 2 rings (SSSR count). The van der Waals surface area contributed by atoms with Crippen LogP contribution in [0.25, 0.3) is 0 Å². The highest BCUT2D eigenvalue weighted by Crippen LogP contribution is 2.32. The molecule has 1 fully saturated rings. The predicted octanol–water partition coefficient (Wildman–Crippen LogP) is 1.22. The Kier molecular flexibility index (Phi) is 5.65. The van der Waals surface area contributed by atoms with Crippen LogP contribution >= 0.6 is 0 Å². The molecule has 142 valence electrons. The van der Waals surface area contributed by atoms with Crippen LogP contribution in [0.5, 0.6) is 0 Å². The number of nitro groups is 1. The topological polar surface area (TPSA) is 139 Å². The predicted molar refractivity (Wildman–Crippen MR) is 93.4 cm³/mol. The number of benzene rings is 1. The molecule has 0 aromatic heterocycles. The fourth-order valence-corrected chi connectivity index (χ4v) is 5.63. The van der Waals surface area contributed by atoms with Crippen LogP contribution in [-0.4, -0.2) is 37.9 Å². The first-order valence-electron chi connectivity index (χ1n) is 8.06. The minimum absolute atomic E-state index is 0.244. The standard InChI is InChI=1S/C16H21FN4O4S/c1-15(19,13-8-12(21(22)23)2-3-14(13)17)10-26(24,25)11-16(9-18)4-6-20-7-5-16/h2-3,8,20H,4-7,10-11,19H2,1H3. The minimum Gasteiger partial charge on any atom is -0.321 e. The van der Waals surface area contributed by atoms with E-state index < -0.39 is 37.3 Å². The highest BCUT2D eigenvalue weighted by atomic mass is 32.2. The number of halogens is 1. The molecular formula is C16H21FN4O4S. The van der Waals surface area contributed by atoms with Crippen molar-refractivity contribution in [2.75, 3.05) is 24.6 Å². The zero-order chi connectivity index (χ0) is 19.6. The van der Waals surface area contributed by atoms with Crippen molar-refractivity contribution in [3.63, 3.8) is 0 Å². The Morgan fingerprint density at radius 2 is 2.08 bits per heavy atom. The molecule has 1 atom stereocenters. The number of nitrogens with two attached hydrogens (primary N) is 1. The lowest BCUT2D eigenvalue weighted by molar-refractivity contribution is -0.385. The zero-order valence-corrected chi connectivity index (χ0v) is 15.2. The summed E-state index contributed by atoms with van der Waals surface area (Å²) in [6, 6.07) is 4.95. The van der Waals surface area contributed by atoms with Crippen molar-refractivity contribution in [2.24, 2.45) is 11.1 Å². The second-order valence-corrected chi connectivity index (χ2v) is 9.08. The lowest BCUT2D eigenvalue weighted by atomic mass is 9.82. The van der Waals surface area contributed by atoms with Gasteiger partial charge in [-0.25, -0.2) is 12.8 Å². The van der Waals surface area contributed by atoms with Gasteiger partial charge in [0.15, 0.2) is 9.84 Å². The molecule has 1 unspecified atom stereocenters. The van der Waals surface area contributed by atoms with Crippen LogP contribution in [0, 0.1) is 32.7 Å². The highest BCUT2D eigenvalue weighted by Gasteiger charge is 2.40. The van der Waals surface area contributed by atoms with Crippen molar-refractivity contribution in [1.29, 1.82) is 5.26 Å². The van der Waals surface area contributed by atoms with Crippen molar-refractivity contribution in [2.45, 2.75) is 25.3 Å². The molecule has 1 aromatic rings. The summed E-state index contributed by atoms with van der Waals surface area (Å²) in [5.74, 6) is -1.80. The van der Waals surface area contributed by atoms with E-state index in [1.807, 2.05) is 0 Å². The second kappa shape index (κ2) is 7.26. The van der Waals surface area contributed by atoms with Gasteiger partial charge in [0.1, 0.15) is 5.82 Å². The second-order valence-electron chi connectivity index (χ2n) is 7.01. The fraction of sp³-hybridized carbons (Fsp3) is 0.562. The maximum Gasteiger partial charge on any atom is 0.269 e. The van der Waals surface area contributed by atoms with E-state index >= 15 is 0 Å². The smallest absolute Gasteiger partial charge is 0.269 e. The van der Waals surface area contributed by atoms with Crippen LogP contribution in [-0.2, 0) is 15.4 Å². The summed E-state index contributed by atoms with van der Waals surface area (Å²) in [7, 11) is -3.82. The van der Waals surface area contributed by atoms with Crippen LogP contribution in [0.4, 0.5) is 10.1 Å². The van der Waals surface area contributed by atoms with Gasteiger partial charge in [-0.3, -0.25) is 10.1 Å². The Labute approximate surface area is 151 Å².